The standard InChI is InChI=1S/C8H9BF4NO3S/c10-9(11,12)4-6-1-7(5-14)3-8(2-6)17-18(13,15)16/h1-3H,4-5,14H2/q-1. The van der Waals surface area contributed by atoms with Gasteiger partial charge in [-0.15, -0.1) is 0 Å². The number of nitrogens with two attached hydrogens (primary N) is 1. The Kier molecular flexibility index (Phi) is 4.22. The molecule has 0 aliphatic heterocycles. The van der Waals surface area contributed by atoms with Crippen molar-refractivity contribution in [3.05, 3.63) is 29.3 Å². The van der Waals surface area contributed by atoms with Gasteiger partial charge in [-0.2, -0.15) is 8.42 Å². The van der Waals surface area contributed by atoms with E-state index in [1.807, 2.05) is 0 Å². The molecule has 2 N–H and O–H groups in total. The van der Waals surface area contributed by atoms with Crippen LogP contribution in [-0.4, -0.2) is 15.4 Å². The third-order valence-electron chi connectivity index (χ3n) is 1.92. The van der Waals surface area contributed by atoms with Gasteiger partial charge < -0.3 is 22.9 Å². The van der Waals surface area contributed by atoms with Gasteiger partial charge in [0.05, 0.1) is 0 Å². The third kappa shape index (κ3) is 5.36. The smallest absolute Gasteiger partial charge is 0.449 e. The summed E-state index contributed by atoms with van der Waals surface area (Å²) < 4.78 is 73.4. The van der Waals surface area contributed by atoms with Crippen molar-refractivity contribution >= 4 is 17.5 Å². The summed E-state index contributed by atoms with van der Waals surface area (Å²) in [4.78, 5) is 0. The number of hydrogen-bond acceptors (Lipinski definition) is 4. The number of halogens is 4. The van der Waals surface area contributed by atoms with E-state index in [1.54, 1.807) is 0 Å². The molecule has 0 aliphatic rings. The molecule has 10 heteroatoms. The topological polar surface area (TPSA) is 69.4 Å². The van der Waals surface area contributed by atoms with E-state index in [4.69, 9.17) is 5.73 Å². The van der Waals surface area contributed by atoms with E-state index < -0.39 is 29.6 Å². The molecule has 0 aliphatic carbocycles. The highest BCUT2D eigenvalue weighted by molar-refractivity contribution is 7.81. The fourth-order valence-electron chi connectivity index (χ4n) is 1.39. The zero-order chi connectivity index (χ0) is 14.0. The van der Waals surface area contributed by atoms with E-state index in [0.717, 1.165) is 18.2 Å². The highest BCUT2D eigenvalue weighted by atomic mass is 32.3. The molecule has 1 aromatic rings. The summed E-state index contributed by atoms with van der Waals surface area (Å²) in [5.41, 5.74) is 5.22. The first-order valence-electron chi connectivity index (χ1n) is 4.77. The fraction of sp³-hybridized carbons (Fsp3) is 0.250. The molecule has 1 rings (SSSR count). The second-order valence-electron chi connectivity index (χ2n) is 3.58. The van der Waals surface area contributed by atoms with E-state index in [0.29, 0.717) is 0 Å². The third-order valence-corrected chi connectivity index (χ3v) is 2.32. The summed E-state index contributed by atoms with van der Waals surface area (Å²) in [6.45, 7) is -5.22. The Hall–Kier alpha value is -1.29. The molecule has 102 valence electrons. The molecule has 0 saturated carbocycles. The van der Waals surface area contributed by atoms with Crippen molar-refractivity contribution in [1.29, 1.82) is 0 Å². The minimum absolute atomic E-state index is 0.124. The van der Waals surface area contributed by atoms with E-state index in [9.17, 15) is 25.3 Å². The first-order chi connectivity index (χ1) is 8.09. The van der Waals surface area contributed by atoms with Crippen molar-refractivity contribution in [2.75, 3.05) is 0 Å². The molecule has 0 atom stereocenters. The molecule has 0 heterocycles. The molecule has 0 bridgehead atoms. The first kappa shape index (κ1) is 14.8. The van der Waals surface area contributed by atoms with E-state index in [1.165, 1.54) is 0 Å². The number of hydrogen-bond donors (Lipinski definition) is 1. The number of benzene rings is 1. The molecule has 0 unspecified atom stereocenters. The average Bonchev–Trinajstić information content (AvgIpc) is 2.11. The Labute approximate surface area is 101 Å². The lowest BCUT2D eigenvalue weighted by molar-refractivity contribution is 0.439. The second-order valence-corrected chi connectivity index (χ2v) is 4.53. The normalized spacial score (nSPS) is 12.5. The predicted octanol–water partition coefficient (Wildman–Crippen LogP) is 1.67. The van der Waals surface area contributed by atoms with Gasteiger partial charge >= 0.3 is 17.5 Å². The Morgan fingerprint density at radius 2 is 1.72 bits per heavy atom. The zero-order valence-corrected chi connectivity index (χ0v) is 9.76. The van der Waals surface area contributed by atoms with Crippen LogP contribution in [0.3, 0.4) is 0 Å². The van der Waals surface area contributed by atoms with Crippen LogP contribution in [0, 0.1) is 0 Å². The maximum atomic E-state index is 12.3. The van der Waals surface area contributed by atoms with Gasteiger partial charge in [-0.25, -0.2) is 0 Å². The molecule has 0 fully saturated rings. The van der Waals surface area contributed by atoms with Gasteiger partial charge in [0.25, 0.3) is 0 Å². The molecule has 0 spiro atoms. The van der Waals surface area contributed by atoms with Crippen molar-refractivity contribution in [3.63, 3.8) is 0 Å². The van der Waals surface area contributed by atoms with Gasteiger partial charge in [0, 0.05) is 6.54 Å². The van der Waals surface area contributed by atoms with Gasteiger partial charge in [0.2, 0.25) is 0 Å². The summed E-state index contributed by atoms with van der Waals surface area (Å²) in [6.07, 6.45) is -1.23. The molecule has 4 nitrogen and oxygen atoms in total. The second kappa shape index (κ2) is 5.15. The highest BCUT2D eigenvalue weighted by Crippen LogP contribution is 2.23. The van der Waals surface area contributed by atoms with Gasteiger partial charge in [0.1, 0.15) is 5.75 Å². The van der Waals surface area contributed by atoms with Crippen LogP contribution in [0.15, 0.2) is 18.2 Å². The number of rotatable bonds is 5. The van der Waals surface area contributed by atoms with Crippen LogP contribution < -0.4 is 9.92 Å². The highest BCUT2D eigenvalue weighted by Gasteiger charge is 2.24. The molecule has 0 radical (unpaired) electrons. The van der Waals surface area contributed by atoms with Crippen LogP contribution in [0.1, 0.15) is 11.1 Å². The van der Waals surface area contributed by atoms with Crippen LogP contribution >= 0.6 is 0 Å². The average molecular weight is 286 g/mol. The quantitative estimate of drug-likeness (QED) is 0.508. The molecular weight excluding hydrogens is 277 g/mol. The molecule has 0 aromatic heterocycles. The van der Waals surface area contributed by atoms with Gasteiger partial charge in [-0.1, -0.05) is 21.8 Å². The maximum absolute atomic E-state index is 12.3. The maximum Gasteiger partial charge on any atom is 0.488 e. The van der Waals surface area contributed by atoms with Crippen molar-refractivity contribution < 1.29 is 29.4 Å². The zero-order valence-electron chi connectivity index (χ0n) is 8.95. The largest absolute Gasteiger partial charge is 0.488 e. The van der Waals surface area contributed by atoms with Crippen molar-refractivity contribution in [3.8, 4) is 5.75 Å². The van der Waals surface area contributed by atoms with Gasteiger partial charge in [-0.3, -0.25) is 0 Å². The van der Waals surface area contributed by atoms with Crippen LogP contribution in [0.2, 0.25) is 0 Å². The fourth-order valence-corrected chi connectivity index (χ4v) is 1.72. The summed E-state index contributed by atoms with van der Waals surface area (Å²) in [7, 11) is -5.28. The van der Waals surface area contributed by atoms with Gasteiger partial charge in [0.15, 0.2) is 0 Å². The van der Waals surface area contributed by atoms with E-state index >= 15 is 0 Å². The Morgan fingerprint density at radius 3 is 2.17 bits per heavy atom. The van der Waals surface area contributed by atoms with Crippen LogP contribution in [-0.2, 0) is 23.4 Å². The first-order valence-corrected chi connectivity index (χ1v) is 6.08. The van der Waals surface area contributed by atoms with E-state index in [-0.39, 0.29) is 17.7 Å². The SMILES string of the molecule is NCc1cc(C[B-](F)(F)F)cc(OS(=O)(=O)F)c1. The van der Waals surface area contributed by atoms with Crippen molar-refractivity contribution in [1.82, 2.24) is 0 Å². The molecule has 0 amide bonds. The minimum Gasteiger partial charge on any atom is -0.449 e. The monoisotopic (exact) mass is 286 g/mol. The minimum atomic E-state index is -5.28. The molecule has 18 heavy (non-hydrogen) atoms. The predicted molar refractivity (Wildman–Crippen MR) is 57.8 cm³/mol. The summed E-state index contributed by atoms with van der Waals surface area (Å²) in [5, 5.41) is 0. The van der Waals surface area contributed by atoms with Crippen molar-refractivity contribution in [2.45, 2.75) is 12.9 Å². The summed E-state index contributed by atoms with van der Waals surface area (Å²) in [6, 6.07) is 3.03. The summed E-state index contributed by atoms with van der Waals surface area (Å²) >= 11 is 0. The lowest BCUT2D eigenvalue weighted by atomic mass is 9.81. The summed E-state index contributed by atoms with van der Waals surface area (Å²) in [5.74, 6) is -0.532. The van der Waals surface area contributed by atoms with Gasteiger partial charge in [-0.05, 0) is 17.7 Å². The molecule has 0 saturated heterocycles. The molecule has 1 aromatic carbocycles. The Balaban J connectivity index is 3.09. The molecular formula is C8H9BF4NO3S-. The Morgan fingerprint density at radius 1 is 1.17 bits per heavy atom. The lowest BCUT2D eigenvalue weighted by Gasteiger charge is -2.15. The Bertz CT molecular complexity index is 532. The van der Waals surface area contributed by atoms with Crippen LogP contribution in [0.25, 0.3) is 0 Å². The van der Waals surface area contributed by atoms with E-state index in [2.05, 4.69) is 4.18 Å². The van der Waals surface area contributed by atoms with Crippen LogP contribution in [0.5, 0.6) is 5.75 Å². The van der Waals surface area contributed by atoms with Crippen LogP contribution in [0.4, 0.5) is 16.8 Å². The van der Waals surface area contributed by atoms with Crippen molar-refractivity contribution in [2.24, 2.45) is 5.73 Å². The lowest BCUT2D eigenvalue weighted by Crippen LogP contribution is -2.19.